The van der Waals surface area contributed by atoms with Gasteiger partial charge in [0.1, 0.15) is 0 Å². The van der Waals surface area contributed by atoms with E-state index in [-0.39, 0.29) is 5.56 Å². The first-order valence-electron chi connectivity index (χ1n) is 7.18. The van der Waals surface area contributed by atoms with Gasteiger partial charge >= 0.3 is 5.97 Å². The lowest BCUT2D eigenvalue weighted by atomic mass is 10.1. The van der Waals surface area contributed by atoms with Crippen molar-refractivity contribution >= 4 is 17.3 Å². The number of piperidine rings is 1. The molecule has 1 unspecified atom stereocenters. The van der Waals surface area contributed by atoms with E-state index < -0.39 is 5.97 Å². The molecule has 110 valence electrons. The molecule has 0 aliphatic carbocycles. The van der Waals surface area contributed by atoms with Crippen LogP contribution in [0.15, 0.2) is 18.2 Å². The van der Waals surface area contributed by atoms with E-state index in [1.54, 1.807) is 18.2 Å². The maximum atomic E-state index is 10.9. The van der Waals surface area contributed by atoms with Gasteiger partial charge in [-0.3, -0.25) is 4.90 Å². The maximum absolute atomic E-state index is 10.9. The van der Waals surface area contributed by atoms with Gasteiger partial charge in [-0.1, -0.05) is 6.42 Å². The Balaban J connectivity index is 1.90. The maximum Gasteiger partial charge on any atom is 0.337 e. The molecule has 0 radical (unpaired) electrons. The van der Waals surface area contributed by atoms with Crippen LogP contribution < -0.4 is 11.1 Å². The Morgan fingerprint density at radius 2 is 2.10 bits per heavy atom. The summed E-state index contributed by atoms with van der Waals surface area (Å²) in [6.45, 7) is 5.39. The van der Waals surface area contributed by atoms with E-state index >= 15 is 0 Å². The molecule has 4 N–H and O–H groups in total. The fourth-order valence-electron chi connectivity index (χ4n) is 2.62. The summed E-state index contributed by atoms with van der Waals surface area (Å²) in [6.07, 6.45) is 3.90. The van der Waals surface area contributed by atoms with Gasteiger partial charge in [0.15, 0.2) is 0 Å². The standard InChI is InChI=1S/C15H23N3O2/c1-11(18-7-3-2-4-8-18)10-17-12-5-6-13(15(19)20)14(16)9-12/h5-6,9,11,17H,2-4,7-8,10,16H2,1H3,(H,19,20). The zero-order chi connectivity index (χ0) is 14.5. The highest BCUT2D eigenvalue weighted by Gasteiger charge is 2.16. The largest absolute Gasteiger partial charge is 0.478 e. The van der Waals surface area contributed by atoms with Crippen molar-refractivity contribution < 1.29 is 9.90 Å². The zero-order valence-corrected chi connectivity index (χ0v) is 11.9. The fourth-order valence-corrected chi connectivity index (χ4v) is 2.62. The Labute approximate surface area is 119 Å². The number of carboxylic acids is 1. The minimum Gasteiger partial charge on any atom is -0.478 e. The normalized spacial score (nSPS) is 17.6. The Hall–Kier alpha value is -1.75. The third-order valence-electron chi connectivity index (χ3n) is 3.90. The fraction of sp³-hybridized carbons (Fsp3) is 0.533. The average molecular weight is 277 g/mol. The summed E-state index contributed by atoms with van der Waals surface area (Å²) in [6, 6.07) is 5.47. The van der Waals surface area contributed by atoms with Crippen LogP contribution in [0.3, 0.4) is 0 Å². The van der Waals surface area contributed by atoms with Crippen LogP contribution in [0.1, 0.15) is 36.5 Å². The number of nitrogens with zero attached hydrogens (tertiary/aromatic N) is 1. The smallest absolute Gasteiger partial charge is 0.337 e. The van der Waals surface area contributed by atoms with Crippen molar-refractivity contribution in [2.75, 3.05) is 30.7 Å². The number of rotatable bonds is 5. The molecule has 0 spiro atoms. The minimum absolute atomic E-state index is 0.152. The Kier molecular flexibility index (Phi) is 4.84. The molecule has 0 amide bonds. The summed E-state index contributed by atoms with van der Waals surface area (Å²) in [5.74, 6) is -0.990. The van der Waals surface area contributed by atoms with Crippen molar-refractivity contribution in [3.63, 3.8) is 0 Å². The van der Waals surface area contributed by atoms with E-state index in [4.69, 9.17) is 10.8 Å². The predicted molar refractivity (Wildman–Crippen MR) is 81.2 cm³/mol. The van der Waals surface area contributed by atoms with Crippen molar-refractivity contribution in [1.82, 2.24) is 4.90 Å². The molecule has 1 aromatic carbocycles. The van der Waals surface area contributed by atoms with Crippen molar-refractivity contribution in [3.8, 4) is 0 Å². The van der Waals surface area contributed by atoms with E-state index in [0.29, 0.717) is 11.7 Å². The van der Waals surface area contributed by atoms with Gasteiger partial charge < -0.3 is 16.2 Å². The molecule has 1 aromatic rings. The first kappa shape index (κ1) is 14.7. The van der Waals surface area contributed by atoms with Crippen molar-refractivity contribution in [2.24, 2.45) is 0 Å². The Morgan fingerprint density at radius 3 is 2.70 bits per heavy atom. The molecule has 1 aliphatic rings. The summed E-state index contributed by atoms with van der Waals surface area (Å²) >= 11 is 0. The number of nitrogens with one attached hydrogen (secondary N) is 1. The zero-order valence-electron chi connectivity index (χ0n) is 11.9. The number of benzene rings is 1. The first-order chi connectivity index (χ1) is 9.58. The second kappa shape index (κ2) is 6.61. The highest BCUT2D eigenvalue weighted by Crippen LogP contribution is 2.19. The SMILES string of the molecule is CC(CNc1ccc(C(=O)O)c(N)c1)N1CCCCC1. The topological polar surface area (TPSA) is 78.6 Å². The van der Waals surface area contributed by atoms with Crippen LogP contribution in [-0.2, 0) is 0 Å². The van der Waals surface area contributed by atoms with Gasteiger partial charge in [0, 0.05) is 24.0 Å². The quantitative estimate of drug-likeness (QED) is 0.719. The Morgan fingerprint density at radius 1 is 1.40 bits per heavy atom. The van der Waals surface area contributed by atoms with E-state index in [1.165, 1.54) is 32.4 Å². The van der Waals surface area contributed by atoms with E-state index in [1.807, 2.05) is 0 Å². The van der Waals surface area contributed by atoms with Crippen LogP contribution >= 0.6 is 0 Å². The minimum atomic E-state index is -0.990. The first-order valence-corrected chi connectivity index (χ1v) is 7.18. The van der Waals surface area contributed by atoms with Gasteiger partial charge in [0.25, 0.3) is 0 Å². The van der Waals surface area contributed by atoms with Gasteiger partial charge in [0.05, 0.1) is 5.56 Å². The Bertz CT molecular complexity index is 470. The van der Waals surface area contributed by atoms with E-state index in [2.05, 4.69) is 17.1 Å². The summed E-state index contributed by atoms with van der Waals surface area (Å²) in [7, 11) is 0. The van der Waals surface area contributed by atoms with Crippen LogP contribution in [0.25, 0.3) is 0 Å². The van der Waals surface area contributed by atoms with E-state index in [0.717, 1.165) is 12.2 Å². The monoisotopic (exact) mass is 277 g/mol. The molecule has 20 heavy (non-hydrogen) atoms. The molecule has 1 saturated heterocycles. The molecule has 0 saturated carbocycles. The number of aromatic carboxylic acids is 1. The number of hydrogen-bond acceptors (Lipinski definition) is 4. The molecular formula is C15H23N3O2. The second-order valence-corrected chi connectivity index (χ2v) is 5.43. The van der Waals surface area contributed by atoms with Gasteiger partial charge in [-0.15, -0.1) is 0 Å². The average Bonchev–Trinajstić information content (AvgIpc) is 2.45. The van der Waals surface area contributed by atoms with E-state index in [9.17, 15) is 4.79 Å². The molecule has 2 rings (SSSR count). The van der Waals surface area contributed by atoms with Crippen molar-refractivity contribution in [3.05, 3.63) is 23.8 Å². The molecule has 5 heteroatoms. The van der Waals surface area contributed by atoms with Gasteiger partial charge in [-0.05, 0) is 51.1 Å². The molecule has 1 fully saturated rings. The van der Waals surface area contributed by atoms with Crippen LogP contribution in [0.5, 0.6) is 0 Å². The van der Waals surface area contributed by atoms with Crippen molar-refractivity contribution in [2.45, 2.75) is 32.2 Å². The predicted octanol–water partition coefficient (Wildman–Crippen LogP) is 2.25. The number of carbonyl (C=O) groups is 1. The van der Waals surface area contributed by atoms with Gasteiger partial charge in [-0.2, -0.15) is 0 Å². The van der Waals surface area contributed by atoms with Gasteiger partial charge in [0.2, 0.25) is 0 Å². The number of likely N-dealkylation sites (tertiary alicyclic amines) is 1. The summed E-state index contributed by atoms with van der Waals surface area (Å²) in [5, 5.41) is 12.3. The summed E-state index contributed by atoms with van der Waals surface area (Å²) in [4.78, 5) is 13.4. The molecule has 1 atom stereocenters. The molecule has 0 bridgehead atoms. The second-order valence-electron chi connectivity index (χ2n) is 5.43. The van der Waals surface area contributed by atoms with Crippen LogP contribution in [0.2, 0.25) is 0 Å². The van der Waals surface area contributed by atoms with Crippen LogP contribution in [-0.4, -0.2) is 41.7 Å². The van der Waals surface area contributed by atoms with Gasteiger partial charge in [-0.25, -0.2) is 4.79 Å². The number of hydrogen-bond donors (Lipinski definition) is 3. The molecule has 0 aromatic heterocycles. The summed E-state index contributed by atoms with van der Waals surface area (Å²) in [5.41, 5.74) is 7.06. The molecule has 1 heterocycles. The number of nitrogen functional groups attached to an aromatic ring is 1. The number of anilines is 2. The lowest BCUT2D eigenvalue weighted by molar-refractivity contribution is 0.0698. The molecule has 1 aliphatic heterocycles. The highest BCUT2D eigenvalue weighted by molar-refractivity contribution is 5.94. The highest BCUT2D eigenvalue weighted by atomic mass is 16.4. The van der Waals surface area contributed by atoms with Crippen LogP contribution in [0.4, 0.5) is 11.4 Å². The lowest BCUT2D eigenvalue weighted by Gasteiger charge is -2.32. The van der Waals surface area contributed by atoms with Crippen molar-refractivity contribution in [1.29, 1.82) is 0 Å². The summed E-state index contributed by atoms with van der Waals surface area (Å²) < 4.78 is 0. The molecular weight excluding hydrogens is 254 g/mol. The third kappa shape index (κ3) is 3.63. The third-order valence-corrected chi connectivity index (χ3v) is 3.90. The number of nitrogens with two attached hydrogens (primary N) is 1. The lowest BCUT2D eigenvalue weighted by Crippen LogP contribution is -2.41. The number of carboxylic acid groups (broad SMARTS) is 1. The van der Waals surface area contributed by atoms with Crippen LogP contribution in [0, 0.1) is 0 Å². The molecule has 5 nitrogen and oxygen atoms in total.